The van der Waals surface area contributed by atoms with E-state index in [0.717, 1.165) is 5.69 Å². The second-order valence-electron chi connectivity index (χ2n) is 13.6. The number of hydrogen-bond acceptors (Lipinski definition) is 1. The van der Waals surface area contributed by atoms with E-state index in [-0.39, 0.29) is 0 Å². The van der Waals surface area contributed by atoms with Gasteiger partial charge in [-0.2, -0.15) is 0 Å². The molecular formula is C50H31NS. The number of thiophene rings is 1. The highest BCUT2D eigenvalue weighted by Crippen LogP contribution is 2.46. The molecule has 11 rings (SSSR count). The first kappa shape index (κ1) is 29.3. The Morgan fingerprint density at radius 2 is 0.904 bits per heavy atom. The minimum Gasteiger partial charge on any atom is -0.309 e. The molecule has 0 N–H and O–H groups in total. The van der Waals surface area contributed by atoms with Gasteiger partial charge in [0.05, 0.1) is 11.0 Å². The molecule has 0 aliphatic rings. The molecule has 0 radical (unpaired) electrons. The van der Waals surface area contributed by atoms with Gasteiger partial charge in [-0.1, -0.05) is 152 Å². The molecule has 242 valence electrons. The zero-order valence-electron chi connectivity index (χ0n) is 28.3. The fourth-order valence-electron chi connectivity index (χ4n) is 8.53. The van der Waals surface area contributed by atoms with Crippen molar-refractivity contribution < 1.29 is 0 Å². The minimum absolute atomic E-state index is 1.16. The molecule has 1 nitrogen and oxygen atoms in total. The molecule has 2 heterocycles. The molecule has 0 fully saturated rings. The van der Waals surface area contributed by atoms with Gasteiger partial charge in [-0.3, -0.25) is 0 Å². The largest absolute Gasteiger partial charge is 0.309 e. The Balaban J connectivity index is 1.19. The first-order chi connectivity index (χ1) is 25.8. The third kappa shape index (κ3) is 4.35. The summed E-state index contributed by atoms with van der Waals surface area (Å²) in [5.74, 6) is 0. The van der Waals surface area contributed by atoms with E-state index >= 15 is 0 Å². The van der Waals surface area contributed by atoms with E-state index < -0.39 is 0 Å². The lowest BCUT2D eigenvalue weighted by atomic mass is 9.86. The first-order valence-corrected chi connectivity index (χ1v) is 18.7. The van der Waals surface area contributed by atoms with Crippen LogP contribution in [0.4, 0.5) is 0 Å². The number of benzene rings is 9. The highest BCUT2D eigenvalue weighted by atomic mass is 32.1. The predicted octanol–water partition coefficient (Wildman–Crippen LogP) is 14.5. The molecule has 0 saturated carbocycles. The lowest BCUT2D eigenvalue weighted by molar-refractivity contribution is 1.19. The summed E-state index contributed by atoms with van der Waals surface area (Å²) in [6, 6.07) is 69.2. The topological polar surface area (TPSA) is 4.93 Å². The van der Waals surface area contributed by atoms with Crippen molar-refractivity contribution in [2.45, 2.75) is 0 Å². The number of aromatic nitrogens is 1. The van der Waals surface area contributed by atoms with Gasteiger partial charge >= 0.3 is 0 Å². The van der Waals surface area contributed by atoms with Crippen LogP contribution in [0.15, 0.2) is 188 Å². The van der Waals surface area contributed by atoms with Crippen LogP contribution in [0, 0.1) is 0 Å². The number of rotatable bonds is 4. The maximum Gasteiger partial charge on any atom is 0.0541 e. The van der Waals surface area contributed by atoms with Crippen LogP contribution in [0.3, 0.4) is 0 Å². The molecule has 0 bridgehead atoms. The van der Waals surface area contributed by atoms with Gasteiger partial charge in [0, 0.05) is 36.6 Å². The van der Waals surface area contributed by atoms with Crippen molar-refractivity contribution in [1.82, 2.24) is 4.57 Å². The summed E-state index contributed by atoms with van der Waals surface area (Å²) in [6.45, 7) is 0. The zero-order chi connectivity index (χ0) is 34.2. The maximum atomic E-state index is 2.46. The van der Waals surface area contributed by atoms with E-state index in [4.69, 9.17) is 0 Å². The van der Waals surface area contributed by atoms with Crippen LogP contribution < -0.4 is 0 Å². The van der Waals surface area contributed by atoms with Gasteiger partial charge in [-0.25, -0.2) is 0 Å². The molecule has 9 aromatic carbocycles. The SMILES string of the molecule is c1ccc(-c2c3ccccc3c(-c3ccccc3)c3cc(-n4c5ccccc5c5cc(-c6cccc7c6sc6ccccc67)ccc54)ccc23)cc1. The van der Waals surface area contributed by atoms with Crippen LogP contribution >= 0.6 is 11.3 Å². The van der Waals surface area contributed by atoms with Crippen molar-refractivity contribution in [3.8, 4) is 39.1 Å². The van der Waals surface area contributed by atoms with E-state index in [1.807, 2.05) is 11.3 Å². The van der Waals surface area contributed by atoms with Gasteiger partial charge in [0.25, 0.3) is 0 Å². The molecule has 0 saturated heterocycles. The van der Waals surface area contributed by atoms with Crippen LogP contribution in [-0.2, 0) is 0 Å². The molecule has 0 aliphatic carbocycles. The Kier molecular flexibility index (Phi) is 6.49. The molecule has 0 aliphatic heterocycles. The van der Waals surface area contributed by atoms with Crippen molar-refractivity contribution in [2.75, 3.05) is 0 Å². The lowest BCUT2D eigenvalue weighted by Crippen LogP contribution is -1.96. The van der Waals surface area contributed by atoms with Crippen molar-refractivity contribution >= 4 is 74.9 Å². The average Bonchev–Trinajstić information content (AvgIpc) is 3.76. The molecule has 0 unspecified atom stereocenters. The van der Waals surface area contributed by atoms with Gasteiger partial charge in [-0.05, 0) is 91.3 Å². The smallest absolute Gasteiger partial charge is 0.0541 e. The quantitative estimate of drug-likeness (QED) is 0.163. The van der Waals surface area contributed by atoms with Crippen LogP contribution in [0.1, 0.15) is 0 Å². The van der Waals surface area contributed by atoms with Crippen molar-refractivity contribution in [1.29, 1.82) is 0 Å². The Hall–Kier alpha value is -6.48. The van der Waals surface area contributed by atoms with Crippen molar-refractivity contribution in [3.05, 3.63) is 188 Å². The molecule has 0 atom stereocenters. The van der Waals surface area contributed by atoms with Crippen LogP contribution in [0.25, 0.3) is 103 Å². The Morgan fingerprint density at radius 1 is 0.327 bits per heavy atom. The molecule has 0 spiro atoms. The monoisotopic (exact) mass is 677 g/mol. The fourth-order valence-corrected chi connectivity index (χ4v) is 9.77. The molecule has 0 amide bonds. The normalized spacial score (nSPS) is 11.8. The molecule has 52 heavy (non-hydrogen) atoms. The van der Waals surface area contributed by atoms with Gasteiger partial charge in [0.1, 0.15) is 0 Å². The summed E-state index contributed by atoms with van der Waals surface area (Å²) in [5, 5.41) is 10.2. The maximum absolute atomic E-state index is 2.46. The third-order valence-corrected chi connectivity index (χ3v) is 12.0. The number of hydrogen-bond donors (Lipinski definition) is 0. The lowest BCUT2D eigenvalue weighted by Gasteiger charge is -2.19. The average molecular weight is 678 g/mol. The molecular weight excluding hydrogens is 647 g/mol. The van der Waals surface area contributed by atoms with Gasteiger partial charge in [0.15, 0.2) is 0 Å². The second-order valence-corrected chi connectivity index (χ2v) is 14.7. The Labute approximate surface area is 305 Å². The van der Waals surface area contributed by atoms with Gasteiger partial charge < -0.3 is 4.57 Å². The standard InChI is InChI=1S/C50H31NS/c1-3-14-32(15-4-1)48-39-20-7-8-21-40(39)49(33-16-5-2-6-17-33)44-31-35(27-28-41(44)48)51-45-24-11-9-18-37(45)43-30-34(26-29-46(43)51)36-22-13-23-42-38-19-10-12-25-47(38)52-50(36)42/h1-31H. The molecule has 11 aromatic rings. The molecule has 2 aromatic heterocycles. The van der Waals surface area contributed by atoms with E-state index in [9.17, 15) is 0 Å². The number of para-hydroxylation sites is 1. The number of nitrogens with zero attached hydrogens (tertiary/aromatic N) is 1. The summed E-state index contributed by atoms with van der Waals surface area (Å²) in [4.78, 5) is 0. The van der Waals surface area contributed by atoms with E-state index in [0.29, 0.717) is 0 Å². The summed E-state index contributed by atoms with van der Waals surface area (Å²) in [6.07, 6.45) is 0. The zero-order valence-corrected chi connectivity index (χ0v) is 29.1. The van der Waals surface area contributed by atoms with Crippen LogP contribution in [-0.4, -0.2) is 4.57 Å². The summed E-state index contributed by atoms with van der Waals surface area (Å²) >= 11 is 1.89. The summed E-state index contributed by atoms with van der Waals surface area (Å²) in [7, 11) is 0. The minimum atomic E-state index is 1.16. The van der Waals surface area contributed by atoms with E-state index in [2.05, 4.69) is 193 Å². The van der Waals surface area contributed by atoms with Crippen LogP contribution in [0.5, 0.6) is 0 Å². The van der Waals surface area contributed by atoms with Gasteiger partial charge in [0.2, 0.25) is 0 Å². The van der Waals surface area contributed by atoms with E-state index in [1.165, 1.54) is 96.9 Å². The van der Waals surface area contributed by atoms with Crippen molar-refractivity contribution in [2.24, 2.45) is 0 Å². The second kappa shape index (κ2) is 11.5. The van der Waals surface area contributed by atoms with Gasteiger partial charge in [-0.15, -0.1) is 11.3 Å². The third-order valence-electron chi connectivity index (χ3n) is 10.8. The predicted molar refractivity (Wildman–Crippen MR) is 225 cm³/mol. The fraction of sp³-hybridized carbons (Fsp3) is 0. The number of fused-ring (bicyclic) bond motifs is 8. The highest BCUT2D eigenvalue weighted by molar-refractivity contribution is 7.26. The van der Waals surface area contributed by atoms with Crippen LogP contribution in [0.2, 0.25) is 0 Å². The summed E-state index contributed by atoms with van der Waals surface area (Å²) in [5.41, 5.74) is 11.1. The molecule has 2 heteroatoms. The first-order valence-electron chi connectivity index (χ1n) is 17.9. The Bertz CT molecular complexity index is 3170. The van der Waals surface area contributed by atoms with E-state index in [1.54, 1.807) is 0 Å². The highest BCUT2D eigenvalue weighted by Gasteiger charge is 2.20. The summed E-state index contributed by atoms with van der Waals surface area (Å²) < 4.78 is 5.13. The Morgan fingerprint density at radius 3 is 1.65 bits per heavy atom. The van der Waals surface area contributed by atoms with Crippen molar-refractivity contribution in [3.63, 3.8) is 0 Å².